The Morgan fingerprint density at radius 2 is 1.69 bits per heavy atom. The maximum absolute atomic E-state index is 4.16. The van der Waals surface area contributed by atoms with Gasteiger partial charge in [-0.05, 0) is 26.7 Å². The van der Waals surface area contributed by atoms with Gasteiger partial charge in [-0.25, -0.2) is 0 Å². The number of nitrogens with one attached hydrogen (secondary N) is 1. The highest BCUT2D eigenvalue weighted by Crippen LogP contribution is 2.16. The molecule has 0 aromatic carbocycles. The molecule has 1 unspecified atom stereocenters. The van der Waals surface area contributed by atoms with Crippen molar-refractivity contribution in [3.05, 3.63) is 24.6 Å². The molecule has 16 heavy (non-hydrogen) atoms. The van der Waals surface area contributed by atoms with Gasteiger partial charge in [0.15, 0.2) is 0 Å². The Hall–Kier alpha value is -0.920. The molecule has 0 saturated carbocycles. The van der Waals surface area contributed by atoms with Gasteiger partial charge >= 0.3 is 0 Å². The second kappa shape index (κ2) is 6.62. The van der Waals surface area contributed by atoms with Crippen molar-refractivity contribution >= 4 is 0 Å². The first-order chi connectivity index (χ1) is 7.25. The fourth-order valence-corrected chi connectivity index (χ4v) is 1.53. The molecule has 0 spiro atoms. The fraction of sp³-hybridized carbons (Fsp3) is 0.714. The van der Waals surface area contributed by atoms with Crippen molar-refractivity contribution in [2.45, 2.75) is 53.1 Å². The van der Waals surface area contributed by atoms with Gasteiger partial charge in [-0.15, -0.1) is 0 Å². The van der Waals surface area contributed by atoms with Gasteiger partial charge in [0.1, 0.15) is 0 Å². The Labute approximate surface area is 101 Å². The molecule has 0 amide bonds. The van der Waals surface area contributed by atoms with Crippen LogP contribution in [0.4, 0.5) is 0 Å². The van der Waals surface area contributed by atoms with Gasteiger partial charge in [-0.2, -0.15) is 0 Å². The van der Waals surface area contributed by atoms with E-state index in [4.69, 9.17) is 0 Å². The molecule has 0 aliphatic heterocycles. The van der Waals surface area contributed by atoms with E-state index in [1.807, 2.05) is 6.92 Å². The topological polar surface area (TPSA) is 15.3 Å². The largest absolute Gasteiger partial charge is 0.386 e. The lowest BCUT2D eigenvalue weighted by Gasteiger charge is -2.31. The van der Waals surface area contributed by atoms with Crippen LogP contribution in [0.1, 0.15) is 41.0 Å². The van der Waals surface area contributed by atoms with Crippen LogP contribution >= 0.6 is 0 Å². The van der Waals surface area contributed by atoms with Crippen LogP contribution in [0, 0.1) is 5.92 Å². The molecule has 0 radical (unpaired) electrons. The minimum atomic E-state index is 0.422. The van der Waals surface area contributed by atoms with Crippen LogP contribution in [0.15, 0.2) is 24.6 Å². The van der Waals surface area contributed by atoms with Gasteiger partial charge in [0.05, 0.1) is 0 Å². The Balaban J connectivity index is 4.40. The van der Waals surface area contributed by atoms with Gasteiger partial charge in [-0.1, -0.05) is 27.0 Å². The van der Waals surface area contributed by atoms with Crippen LogP contribution in [-0.2, 0) is 0 Å². The number of allylic oxidation sites excluding steroid dienone is 1. The monoisotopic (exact) mass is 224 g/mol. The predicted octanol–water partition coefficient (Wildman–Crippen LogP) is 3.38. The summed E-state index contributed by atoms with van der Waals surface area (Å²) in [5, 5.41) is 3.42. The molecule has 1 atom stereocenters. The molecular weight excluding hydrogens is 196 g/mol. The molecule has 94 valence electrons. The number of hydrogen-bond acceptors (Lipinski definition) is 2. The van der Waals surface area contributed by atoms with Crippen LogP contribution in [0.3, 0.4) is 0 Å². The standard InChI is InChI=1S/C14H28N2/c1-10(2)14(15-11(3)4)9-13(7)16(8)12(5)6/h10,12,14-15H,3,7,9H2,1-2,4-6,8H3. The van der Waals surface area contributed by atoms with Crippen LogP contribution in [0.2, 0.25) is 0 Å². The third-order valence-electron chi connectivity index (χ3n) is 2.97. The summed E-state index contributed by atoms with van der Waals surface area (Å²) >= 11 is 0. The third kappa shape index (κ3) is 5.24. The summed E-state index contributed by atoms with van der Waals surface area (Å²) < 4.78 is 0. The zero-order chi connectivity index (χ0) is 12.9. The summed E-state index contributed by atoms with van der Waals surface area (Å²) in [5.41, 5.74) is 2.21. The number of rotatable bonds is 7. The van der Waals surface area contributed by atoms with Crippen LogP contribution < -0.4 is 5.32 Å². The first kappa shape index (κ1) is 15.1. The molecule has 0 fully saturated rings. The van der Waals surface area contributed by atoms with Crippen molar-refractivity contribution in [1.29, 1.82) is 0 Å². The Kier molecular flexibility index (Phi) is 6.24. The average Bonchev–Trinajstić information content (AvgIpc) is 2.14. The zero-order valence-corrected chi connectivity index (χ0v) is 11.8. The lowest BCUT2D eigenvalue weighted by Crippen LogP contribution is -2.36. The van der Waals surface area contributed by atoms with Crippen LogP contribution in [0.25, 0.3) is 0 Å². The summed E-state index contributed by atoms with van der Waals surface area (Å²) in [6, 6.07) is 0.927. The van der Waals surface area contributed by atoms with E-state index >= 15 is 0 Å². The maximum Gasteiger partial charge on any atom is 0.0335 e. The lowest BCUT2D eigenvalue weighted by atomic mass is 9.98. The first-order valence-corrected chi connectivity index (χ1v) is 6.08. The van der Waals surface area contributed by atoms with E-state index in [-0.39, 0.29) is 0 Å². The predicted molar refractivity (Wildman–Crippen MR) is 73.2 cm³/mol. The summed E-state index contributed by atoms with van der Waals surface area (Å²) in [5.74, 6) is 0.578. The molecule has 0 aliphatic carbocycles. The van der Waals surface area contributed by atoms with E-state index in [0.717, 1.165) is 12.1 Å². The van der Waals surface area contributed by atoms with Crippen LogP contribution in [-0.4, -0.2) is 24.0 Å². The maximum atomic E-state index is 4.16. The van der Waals surface area contributed by atoms with Crippen LogP contribution in [0.5, 0.6) is 0 Å². The average molecular weight is 224 g/mol. The Morgan fingerprint density at radius 3 is 2.00 bits per heavy atom. The molecule has 0 aliphatic rings. The van der Waals surface area contributed by atoms with Gasteiger partial charge in [0, 0.05) is 36.9 Å². The first-order valence-electron chi connectivity index (χ1n) is 6.08. The fourth-order valence-electron chi connectivity index (χ4n) is 1.53. The summed E-state index contributed by atoms with van der Waals surface area (Å²) in [4.78, 5) is 2.23. The van der Waals surface area contributed by atoms with Gasteiger partial charge in [0.2, 0.25) is 0 Å². The van der Waals surface area contributed by atoms with Crippen molar-refractivity contribution in [2.24, 2.45) is 5.92 Å². The molecule has 0 aromatic heterocycles. The highest BCUT2D eigenvalue weighted by Gasteiger charge is 2.16. The normalized spacial score (nSPS) is 12.8. The third-order valence-corrected chi connectivity index (χ3v) is 2.97. The zero-order valence-electron chi connectivity index (χ0n) is 11.8. The van der Waals surface area contributed by atoms with Crippen molar-refractivity contribution < 1.29 is 0 Å². The summed E-state index contributed by atoms with van der Waals surface area (Å²) in [6.45, 7) is 18.9. The summed E-state index contributed by atoms with van der Waals surface area (Å²) in [7, 11) is 2.10. The van der Waals surface area contributed by atoms with Gasteiger partial charge in [-0.3, -0.25) is 0 Å². The van der Waals surface area contributed by atoms with Crippen molar-refractivity contribution in [3.8, 4) is 0 Å². The second-order valence-electron chi connectivity index (χ2n) is 5.25. The Morgan fingerprint density at radius 1 is 1.19 bits per heavy atom. The van der Waals surface area contributed by atoms with Gasteiger partial charge in [0.25, 0.3) is 0 Å². The minimum Gasteiger partial charge on any atom is -0.386 e. The van der Waals surface area contributed by atoms with E-state index in [1.54, 1.807) is 0 Å². The van der Waals surface area contributed by atoms with Crippen molar-refractivity contribution in [3.63, 3.8) is 0 Å². The molecule has 0 aromatic rings. The quantitative estimate of drug-likeness (QED) is 0.713. The minimum absolute atomic E-state index is 0.422. The molecule has 2 heteroatoms. The lowest BCUT2D eigenvalue weighted by molar-refractivity contribution is 0.307. The molecular formula is C14H28N2. The Bertz CT molecular complexity index is 241. The van der Waals surface area contributed by atoms with Crippen molar-refractivity contribution in [2.75, 3.05) is 7.05 Å². The highest BCUT2D eigenvalue weighted by atomic mass is 15.1. The smallest absolute Gasteiger partial charge is 0.0335 e. The second-order valence-corrected chi connectivity index (χ2v) is 5.25. The molecule has 0 heterocycles. The van der Waals surface area contributed by atoms with Gasteiger partial charge < -0.3 is 10.2 Å². The van der Waals surface area contributed by atoms with E-state index in [2.05, 4.69) is 58.1 Å². The number of hydrogen-bond donors (Lipinski definition) is 1. The molecule has 2 nitrogen and oxygen atoms in total. The van der Waals surface area contributed by atoms with E-state index < -0.39 is 0 Å². The summed E-state index contributed by atoms with van der Waals surface area (Å²) in [6.07, 6.45) is 0.971. The molecule has 0 saturated heterocycles. The van der Waals surface area contributed by atoms with E-state index in [1.165, 1.54) is 5.70 Å². The SMILES string of the molecule is C=C(C)NC(CC(=C)N(C)C(C)C)C(C)C. The van der Waals surface area contributed by atoms with Crippen molar-refractivity contribution in [1.82, 2.24) is 10.2 Å². The van der Waals surface area contributed by atoms with E-state index in [9.17, 15) is 0 Å². The molecule has 0 bridgehead atoms. The molecule has 1 N–H and O–H groups in total. The molecule has 0 rings (SSSR count). The highest BCUT2D eigenvalue weighted by molar-refractivity contribution is 5.01. The number of nitrogens with zero attached hydrogens (tertiary/aromatic N) is 1. The van der Waals surface area contributed by atoms with E-state index in [0.29, 0.717) is 18.0 Å².